The molecule has 28 heavy (non-hydrogen) atoms. The van der Waals surface area contributed by atoms with Gasteiger partial charge in [-0.15, -0.1) is 0 Å². The topological polar surface area (TPSA) is 62.2 Å². The Morgan fingerprint density at radius 1 is 1.11 bits per heavy atom. The minimum absolute atomic E-state index is 0.155. The standard InChI is InChI=1S/C22H29N5O/c1-16-7-8-23-19(12-16)13-20-14-21(18-6-5-11-27(15-18)17(2)28)25-22(24-20)26-9-3-4-10-26/h7-8,12,14,18H,3-6,9-11,13,15H2,1-2H3. The van der Waals surface area contributed by atoms with Gasteiger partial charge in [0.05, 0.1) is 11.4 Å². The molecular weight excluding hydrogens is 350 g/mol. The number of amides is 1. The van der Waals surface area contributed by atoms with E-state index in [1.165, 1.54) is 18.4 Å². The summed E-state index contributed by atoms with van der Waals surface area (Å²) in [5, 5.41) is 0. The van der Waals surface area contributed by atoms with Gasteiger partial charge < -0.3 is 9.80 Å². The third-order valence-electron chi connectivity index (χ3n) is 5.80. The Morgan fingerprint density at radius 3 is 2.68 bits per heavy atom. The molecule has 4 rings (SSSR count). The van der Waals surface area contributed by atoms with Crippen molar-refractivity contribution in [3.05, 3.63) is 47.0 Å². The molecule has 2 aromatic heterocycles. The van der Waals surface area contributed by atoms with Gasteiger partial charge in [0.25, 0.3) is 0 Å². The van der Waals surface area contributed by atoms with Gasteiger partial charge in [-0.25, -0.2) is 9.97 Å². The normalized spacial score (nSPS) is 19.9. The van der Waals surface area contributed by atoms with Gasteiger partial charge in [-0.1, -0.05) is 0 Å². The first kappa shape index (κ1) is 18.8. The monoisotopic (exact) mass is 379 g/mol. The van der Waals surface area contributed by atoms with Crippen LogP contribution in [-0.2, 0) is 11.2 Å². The molecule has 6 nitrogen and oxygen atoms in total. The van der Waals surface area contributed by atoms with Crippen LogP contribution in [0.25, 0.3) is 0 Å². The van der Waals surface area contributed by atoms with Crippen LogP contribution in [0.5, 0.6) is 0 Å². The van der Waals surface area contributed by atoms with Gasteiger partial charge in [0, 0.05) is 57.3 Å². The molecule has 0 radical (unpaired) electrons. The summed E-state index contributed by atoms with van der Waals surface area (Å²) < 4.78 is 0. The number of rotatable bonds is 4. The highest BCUT2D eigenvalue weighted by Crippen LogP contribution is 2.28. The fourth-order valence-electron chi connectivity index (χ4n) is 4.25. The number of hydrogen-bond acceptors (Lipinski definition) is 5. The number of aryl methyl sites for hydroxylation is 1. The van der Waals surface area contributed by atoms with Crippen LogP contribution in [0.3, 0.4) is 0 Å². The number of carbonyl (C=O) groups is 1. The molecule has 0 aliphatic carbocycles. The minimum atomic E-state index is 0.155. The van der Waals surface area contributed by atoms with Crippen molar-refractivity contribution in [2.75, 3.05) is 31.1 Å². The van der Waals surface area contributed by atoms with E-state index in [1.54, 1.807) is 6.92 Å². The lowest BCUT2D eigenvalue weighted by Gasteiger charge is -2.32. The maximum absolute atomic E-state index is 11.9. The highest BCUT2D eigenvalue weighted by molar-refractivity contribution is 5.73. The number of aromatic nitrogens is 3. The first-order valence-corrected chi connectivity index (χ1v) is 10.4. The second kappa shape index (κ2) is 8.25. The molecule has 0 saturated carbocycles. The van der Waals surface area contributed by atoms with Crippen LogP contribution >= 0.6 is 0 Å². The number of nitrogens with zero attached hydrogens (tertiary/aromatic N) is 5. The maximum Gasteiger partial charge on any atom is 0.225 e. The van der Waals surface area contributed by atoms with Crippen LogP contribution in [0.1, 0.15) is 61.2 Å². The molecule has 4 heterocycles. The highest BCUT2D eigenvalue weighted by Gasteiger charge is 2.26. The minimum Gasteiger partial charge on any atom is -0.342 e. The van der Waals surface area contributed by atoms with Gasteiger partial charge in [-0.2, -0.15) is 0 Å². The maximum atomic E-state index is 11.9. The molecule has 1 atom stereocenters. The molecule has 2 aliphatic rings. The van der Waals surface area contributed by atoms with Crippen LogP contribution in [0.2, 0.25) is 0 Å². The van der Waals surface area contributed by atoms with Gasteiger partial charge in [0.2, 0.25) is 11.9 Å². The van der Waals surface area contributed by atoms with Gasteiger partial charge >= 0.3 is 0 Å². The van der Waals surface area contributed by atoms with E-state index in [1.807, 2.05) is 17.2 Å². The van der Waals surface area contributed by atoms with Crippen molar-refractivity contribution >= 4 is 11.9 Å². The van der Waals surface area contributed by atoms with Crippen LogP contribution in [0, 0.1) is 6.92 Å². The van der Waals surface area contributed by atoms with Crippen molar-refractivity contribution < 1.29 is 4.79 Å². The average Bonchev–Trinajstić information content (AvgIpc) is 3.23. The van der Waals surface area contributed by atoms with E-state index in [0.29, 0.717) is 6.42 Å². The zero-order chi connectivity index (χ0) is 19.5. The Kier molecular flexibility index (Phi) is 5.55. The van der Waals surface area contributed by atoms with E-state index in [0.717, 1.165) is 62.1 Å². The average molecular weight is 380 g/mol. The Hall–Kier alpha value is -2.50. The number of piperidine rings is 1. The summed E-state index contributed by atoms with van der Waals surface area (Å²) in [5.41, 5.74) is 4.34. The SMILES string of the molecule is CC(=O)N1CCCC(c2cc(Cc3cc(C)ccn3)nc(N3CCCC3)n2)C1. The number of pyridine rings is 1. The highest BCUT2D eigenvalue weighted by atomic mass is 16.2. The molecular formula is C22H29N5O. The molecule has 0 bridgehead atoms. The van der Waals surface area contributed by atoms with E-state index in [2.05, 4.69) is 28.9 Å². The van der Waals surface area contributed by atoms with Gasteiger partial charge in [-0.05, 0) is 56.4 Å². The third-order valence-corrected chi connectivity index (χ3v) is 5.80. The van der Waals surface area contributed by atoms with Gasteiger partial charge in [0.1, 0.15) is 0 Å². The molecule has 2 aromatic rings. The van der Waals surface area contributed by atoms with Crippen molar-refractivity contribution in [1.29, 1.82) is 0 Å². The van der Waals surface area contributed by atoms with E-state index < -0.39 is 0 Å². The van der Waals surface area contributed by atoms with Crippen LogP contribution in [0.15, 0.2) is 24.4 Å². The largest absolute Gasteiger partial charge is 0.342 e. The summed E-state index contributed by atoms with van der Waals surface area (Å²) in [6, 6.07) is 6.27. The van der Waals surface area contributed by atoms with Crippen molar-refractivity contribution in [3.8, 4) is 0 Å². The lowest BCUT2D eigenvalue weighted by Crippen LogP contribution is -2.38. The molecule has 0 N–H and O–H groups in total. The Labute approximate surface area is 167 Å². The Bertz CT molecular complexity index is 847. The molecule has 2 aliphatic heterocycles. The molecule has 148 valence electrons. The molecule has 2 fully saturated rings. The van der Waals surface area contributed by atoms with Crippen molar-refractivity contribution in [1.82, 2.24) is 19.9 Å². The number of carbonyl (C=O) groups excluding carboxylic acids is 1. The second-order valence-corrected chi connectivity index (χ2v) is 8.08. The first-order valence-electron chi connectivity index (χ1n) is 10.4. The molecule has 6 heteroatoms. The first-order chi connectivity index (χ1) is 13.6. The van der Waals surface area contributed by atoms with E-state index >= 15 is 0 Å². The predicted molar refractivity (Wildman–Crippen MR) is 109 cm³/mol. The van der Waals surface area contributed by atoms with Gasteiger partial charge in [-0.3, -0.25) is 9.78 Å². The number of likely N-dealkylation sites (tertiary alicyclic amines) is 1. The summed E-state index contributed by atoms with van der Waals surface area (Å²) in [5.74, 6) is 1.28. The molecule has 1 unspecified atom stereocenters. The molecule has 2 saturated heterocycles. The number of anilines is 1. The predicted octanol–water partition coefficient (Wildman–Crippen LogP) is 3.10. The summed E-state index contributed by atoms with van der Waals surface area (Å²) in [7, 11) is 0. The van der Waals surface area contributed by atoms with E-state index in [4.69, 9.17) is 9.97 Å². The second-order valence-electron chi connectivity index (χ2n) is 8.08. The molecule has 0 spiro atoms. The summed E-state index contributed by atoms with van der Waals surface area (Å²) in [6.45, 7) is 7.41. The van der Waals surface area contributed by atoms with Crippen LogP contribution in [-0.4, -0.2) is 51.9 Å². The smallest absolute Gasteiger partial charge is 0.225 e. The van der Waals surface area contributed by atoms with E-state index in [-0.39, 0.29) is 11.8 Å². The van der Waals surface area contributed by atoms with Crippen molar-refractivity contribution in [2.45, 2.75) is 51.9 Å². The Morgan fingerprint density at radius 2 is 1.93 bits per heavy atom. The lowest BCUT2D eigenvalue weighted by atomic mass is 9.93. The molecule has 1 amide bonds. The fraction of sp³-hybridized carbons (Fsp3) is 0.545. The third kappa shape index (κ3) is 4.32. The fourth-order valence-corrected chi connectivity index (χ4v) is 4.25. The summed E-state index contributed by atoms with van der Waals surface area (Å²) >= 11 is 0. The van der Waals surface area contributed by atoms with Gasteiger partial charge in [0.15, 0.2) is 0 Å². The lowest BCUT2D eigenvalue weighted by molar-refractivity contribution is -0.130. The molecule has 0 aromatic carbocycles. The summed E-state index contributed by atoms with van der Waals surface area (Å²) in [6.07, 6.45) is 7.07. The van der Waals surface area contributed by atoms with E-state index in [9.17, 15) is 4.79 Å². The van der Waals surface area contributed by atoms with Crippen molar-refractivity contribution in [2.24, 2.45) is 0 Å². The van der Waals surface area contributed by atoms with Crippen LogP contribution < -0.4 is 4.90 Å². The van der Waals surface area contributed by atoms with Crippen molar-refractivity contribution in [3.63, 3.8) is 0 Å². The zero-order valence-electron chi connectivity index (χ0n) is 16.9. The van der Waals surface area contributed by atoms with Crippen LogP contribution in [0.4, 0.5) is 5.95 Å². The summed E-state index contributed by atoms with van der Waals surface area (Å²) in [4.78, 5) is 30.5. The Balaban J connectivity index is 1.64. The quantitative estimate of drug-likeness (QED) is 0.817. The zero-order valence-corrected chi connectivity index (χ0v) is 16.9. The number of hydrogen-bond donors (Lipinski definition) is 0.